The Morgan fingerprint density at radius 1 is 1.04 bits per heavy atom. The van der Waals surface area contributed by atoms with Gasteiger partial charge in [0.2, 0.25) is 0 Å². The van der Waals surface area contributed by atoms with Crippen molar-refractivity contribution in [1.82, 2.24) is 4.57 Å². The largest absolute Gasteiger partial charge is 0.494 e. The molecule has 0 atom stereocenters. The van der Waals surface area contributed by atoms with Gasteiger partial charge in [0.05, 0.1) is 12.3 Å². The molecule has 0 unspecified atom stereocenters. The van der Waals surface area contributed by atoms with Crippen LogP contribution in [0, 0.1) is 0 Å². The second-order valence-corrected chi connectivity index (χ2v) is 5.82. The van der Waals surface area contributed by atoms with Crippen molar-refractivity contribution in [2.24, 2.45) is 7.05 Å². The Hall–Kier alpha value is -3.54. The quantitative estimate of drug-likeness (QED) is 0.722. The molecule has 0 aliphatic carbocycles. The second-order valence-electron chi connectivity index (χ2n) is 5.82. The van der Waals surface area contributed by atoms with Gasteiger partial charge in [0, 0.05) is 24.9 Å². The Kier molecular flexibility index (Phi) is 5.56. The van der Waals surface area contributed by atoms with Crippen LogP contribution >= 0.6 is 0 Å². The minimum Gasteiger partial charge on any atom is -0.494 e. The zero-order valence-electron chi connectivity index (χ0n) is 15.1. The number of para-hydroxylation sites is 2. The number of rotatable bonds is 6. The first-order chi connectivity index (χ1) is 13.1. The third kappa shape index (κ3) is 4.55. The van der Waals surface area contributed by atoms with Crippen molar-refractivity contribution >= 4 is 11.6 Å². The van der Waals surface area contributed by atoms with Crippen LogP contribution in [-0.4, -0.2) is 17.1 Å². The van der Waals surface area contributed by atoms with Crippen molar-refractivity contribution in [3.8, 4) is 17.2 Å². The molecule has 0 aliphatic rings. The van der Waals surface area contributed by atoms with E-state index < -0.39 is 0 Å². The molecule has 138 valence electrons. The molecule has 1 amide bonds. The maximum atomic E-state index is 12.5. The number of nitrogens with one attached hydrogen (secondary N) is 1. The van der Waals surface area contributed by atoms with Gasteiger partial charge in [-0.25, -0.2) is 0 Å². The molecule has 6 heteroatoms. The lowest BCUT2D eigenvalue weighted by atomic mass is 10.2. The Morgan fingerprint density at radius 2 is 1.74 bits per heavy atom. The number of carbonyl (C=O) groups excluding carboxylic acids is 1. The summed E-state index contributed by atoms with van der Waals surface area (Å²) in [5.74, 6) is 1.50. The molecular weight excluding hydrogens is 344 g/mol. The molecule has 0 aliphatic heterocycles. The highest BCUT2D eigenvalue weighted by molar-refractivity contribution is 6.04. The number of amides is 1. The molecule has 27 heavy (non-hydrogen) atoms. The van der Waals surface area contributed by atoms with E-state index in [1.165, 1.54) is 10.6 Å². The number of benzene rings is 2. The summed E-state index contributed by atoms with van der Waals surface area (Å²) in [6.45, 7) is 2.52. The van der Waals surface area contributed by atoms with E-state index in [1.54, 1.807) is 49.6 Å². The zero-order valence-corrected chi connectivity index (χ0v) is 15.1. The van der Waals surface area contributed by atoms with Crippen LogP contribution in [0.3, 0.4) is 0 Å². The van der Waals surface area contributed by atoms with E-state index in [2.05, 4.69) is 5.32 Å². The van der Waals surface area contributed by atoms with Gasteiger partial charge in [-0.3, -0.25) is 9.59 Å². The van der Waals surface area contributed by atoms with Crippen molar-refractivity contribution in [2.75, 3.05) is 11.9 Å². The summed E-state index contributed by atoms with van der Waals surface area (Å²) in [5, 5.41) is 2.79. The maximum Gasteiger partial charge on any atom is 0.256 e. The third-order valence-electron chi connectivity index (χ3n) is 3.86. The molecule has 3 rings (SSSR count). The normalized spacial score (nSPS) is 10.3. The first kappa shape index (κ1) is 18.3. The van der Waals surface area contributed by atoms with E-state index in [0.717, 1.165) is 5.75 Å². The average molecular weight is 364 g/mol. The van der Waals surface area contributed by atoms with Gasteiger partial charge in [-0.05, 0) is 49.4 Å². The van der Waals surface area contributed by atoms with Crippen LogP contribution in [-0.2, 0) is 7.05 Å². The Morgan fingerprint density at radius 3 is 2.44 bits per heavy atom. The number of hydrogen-bond acceptors (Lipinski definition) is 4. The monoisotopic (exact) mass is 364 g/mol. The SMILES string of the molecule is CCOc1ccc(Oc2ccccc2NC(=O)c2ccn(C)c(=O)c2)cc1. The van der Waals surface area contributed by atoms with Crippen LogP contribution in [0.25, 0.3) is 0 Å². The van der Waals surface area contributed by atoms with Crippen LogP contribution < -0.4 is 20.3 Å². The molecule has 3 aromatic rings. The first-order valence-corrected chi connectivity index (χ1v) is 8.54. The molecule has 2 aromatic carbocycles. The smallest absolute Gasteiger partial charge is 0.256 e. The van der Waals surface area contributed by atoms with Crippen molar-refractivity contribution in [3.05, 3.63) is 82.8 Å². The Balaban J connectivity index is 1.78. The van der Waals surface area contributed by atoms with Crippen LogP contribution in [0.15, 0.2) is 71.7 Å². The second kappa shape index (κ2) is 8.23. The number of ether oxygens (including phenoxy) is 2. The summed E-state index contributed by atoms with van der Waals surface area (Å²) in [4.78, 5) is 24.2. The third-order valence-corrected chi connectivity index (χ3v) is 3.86. The van der Waals surface area contributed by atoms with Crippen LogP contribution in [0.1, 0.15) is 17.3 Å². The minimum absolute atomic E-state index is 0.249. The van der Waals surface area contributed by atoms with E-state index in [0.29, 0.717) is 23.8 Å². The standard InChI is InChI=1S/C21H20N2O4/c1-3-26-16-8-10-17(11-9-16)27-19-7-5-4-6-18(19)22-21(25)15-12-13-23(2)20(24)14-15/h4-14H,3H2,1-2H3,(H,22,25). The first-order valence-electron chi connectivity index (χ1n) is 8.54. The number of nitrogens with zero attached hydrogens (tertiary/aromatic N) is 1. The molecule has 1 aromatic heterocycles. The molecule has 0 radical (unpaired) electrons. The lowest BCUT2D eigenvalue weighted by Crippen LogP contribution is -2.20. The summed E-state index contributed by atoms with van der Waals surface area (Å²) in [5.41, 5.74) is 0.549. The van der Waals surface area contributed by atoms with E-state index in [1.807, 2.05) is 25.1 Å². The lowest BCUT2D eigenvalue weighted by Gasteiger charge is -2.13. The fourth-order valence-corrected chi connectivity index (χ4v) is 2.44. The topological polar surface area (TPSA) is 69.6 Å². The van der Waals surface area contributed by atoms with Gasteiger partial charge in [0.25, 0.3) is 11.5 Å². The van der Waals surface area contributed by atoms with Gasteiger partial charge in [-0.2, -0.15) is 0 Å². The molecule has 6 nitrogen and oxygen atoms in total. The van der Waals surface area contributed by atoms with E-state index in [-0.39, 0.29) is 17.0 Å². The van der Waals surface area contributed by atoms with Crippen LogP contribution in [0.4, 0.5) is 5.69 Å². The van der Waals surface area contributed by atoms with Crippen molar-refractivity contribution < 1.29 is 14.3 Å². The van der Waals surface area contributed by atoms with Crippen LogP contribution in [0.5, 0.6) is 17.2 Å². The molecule has 0 saturated carbocycles. The molecule has 1 N–H and O–H groups in total. The van der Waals surface area contributed by atoms with E-state index >= 15 is 0 Å². The number of anilines is 1. The fourth-order valence-electron chi connectivity index (χ4n) is 2.44. The number of pyridine rings is 1. The number of carbonyl (C=O) groups is 1. The number of aromatic nitrogens is 1. The summed E-state index contributed by atoms with van der Waals surface area (Å²) in [7, 11) is 1.63. The highest BCUT2D eigenvalue weighted by Crippen LogP contribution is 2.30. The predicted molar refractivity (Wildman–Crippen MR) is 104 cm³/mol. The highest BCUT2D eigenvalue weighted by Gasteiger charge is 2.11. The van der Waals surface area contributed by atoms with Gasteiger partial charge in [-0.15, -0.1) is 0 Å². The molecule has 0 saturated heterocycles. The van der Waals surface area contributed by atoms with Crippen molar-refractivity contribution in [2.45, 2.75) is 6.92 Å². The van der Waals surface area contributed by atoms with Crippen LogP contribution in [0.2, 0.25) is 0 Å². The summed E-state index contributed by atoms with van der Waals surface area (Å²) in [6, 6.07) is 17.2. The molecule has 0 spiro atoms. The van der Waals surface area contributed by atoms with Crippen molar-refractivity contribution in [1.29, 1.82) is 0 Å². The van der Waals surface area contributed by atoms with E-state index in [9.17, 15) is 9.59 Å². The van der Waals surface area contributed by atoms with Gasteiger partial charge < -0.3 is 19.4 Å². The highest BCUT2D eigenvalue weighted by atomic mass is 16.5. The zero-order chi connectivity index (χ0) is 19.2. The summed E-state index contributed by atoms with van der Waals surface area (Å²) >= 11 is 0. The molecule has 0 fully saturated rings. The fraction of sp³-hybridized carbons (Fsp3) is 0.143. The van der Waals surface area contributed by atoms with Gasteiger partial charge >= 0.3 is 0 Å². The lowest BCUT2D eigenvalue weighted by molar-refractivity contribution is 0.102. The average Bonchev–Trinajstić information content (AvgIpc) is 2.67. The summed E-state index contributed by atoms with van der Waals surface area (Å²) in [6.07, 6.45) is 1.56. The van der Waals surface area contributed by atoms with Crippen molar-refractivity contribution in [3.63, 3.8) is 0 Å². The van der Waals surface area contributed by atoms with E-state index in [4.69, 9.17) is 9.47 Å². The Bertz CT molecular complexity index is 994. The van der Waals surface area contributed by atoms with Gasteiger partial charge in [0.1, 0.15) is 11.5 Å². The van der Waals surface area contributed by atoms with Gasteiger partial charge in [0.15, 0.2) is 5.75 Å². The Labute approximate surface area is 157 Å². The molecule has 0 bridgehead atoms. The number of hydrogen-bond donors (Lipinski definition) is 1. The predicted octanol–water partition coefficient (Wildman–Crippen LogP) is 3.83. The number of aryl methyl sites for hydroxylation is 1. The van der Waals surface area contributed by atoms with Gasteiger partial charge in [-0.1, -0.05) is 12.1 Å². The molecule has 1 heterocycles. The molecular formula is C21H20N2O4. The maximum absolute atomic E-state index is 12.5. The summed E-state index contributed by atoms with van der Waals surface area (Å²) < 4.78 is 12.7. The minimum atomic E-state index is -0.379.